The summed E-state index contributed by atoms with van der Waals surface area (Å²) in [6.07, 6.45) is -9.65. The van der Waals surface area contributed by atoms with Gasteiger partial charge in [0.1, 0.15) is 18.3 Å². The van der Waals surface area contributed by atoms with Gasteiger partial charge in [-0.05, 0) is 0 Å². The highest BCUT2D eigenvalue weighted by molar-refractivity contribution is 5.82. The molecule has 0 bridgehead atoms. The van der Waals surface area contributed by atoms with Crippen molar-refractivity contribution in [1.29, 1.82) is 0 Å². The van der Waals surface area contributed by atoms with Gasteiger partial charge in [0.05, 0.1) is 18.3 Å². The second-order valence-corrected chi connectivity index (χ2v) is 4.81. The van der Waals surface area contributed by atoms with Crippen molar-refractivity contribution in [3.05, 3.63) is 32.6 Å². The fourth-order valence-electron chi connectivity index (χ4n) is 2.22. The molecule has 2 heterocycles. The van der Waals surface area contributed by atoms with Crippen LogP contribution in [-0.2, 0) is 9.53 Å². The van der Waals surface area contributed by atoms with Crippen LogP contribution in [0.15, 0.2) is 15.7 Å². The molecule has 0 aromatic carbocycles. The zero-order chi connectivity index (χ0) is 17.4. The number of amides is 1. The van der Waals surface area contributed by atoms with Crippen LogP contribution in [0.25, 0.3) is 0 Å². The third-order valence-corrected chi connectivity index (χ3v) is 3.22. The fraction of sp³-hybridized carbons (Fsp3) is 0.545. The monoisotopic (exact) mass is 339 g/mol. The third kappa shape index (κ3) is 3.60. The van der Waals surface area contributed by atoms with E-state index in [1.807, 2.05) is 4.98 Å². The van der Waals surface area contributed by atoms with E-state index in [9.17, 15) is 32.7 Å². The second kappa shape index (κ2) is 6.14. The van der Waals surface area contributed by atoms with Crippen molar-refractivity contribution in [2.24, 2.45) is 0 Å². The maximum atomic E-state index is 12.4. The molecule has 0 aliphatic carbocycles. The molecule has 9 nitrogen and oxygen atoms in total. The molecule has 1 aliphatic heterocycles. The van der Waals surface area contributed by atoms with Gasteiger partial charge in [-0.25, -0.2) is 4.79 Å². The first-order valence-corrected chi connectivity index (χ1v) is 6.29. The topological polar surface area (TPSA) is 145 Å². The van der Waals surface area contributed by atoms with Crippen LogP contribution in [0.1, 0.15) is 11.8 Å². The molecule has 0 radical (unpaired) electrons. The normalized spacial score (nSPS) is 27.9. The quantitative estimate of drug-likeness (QED) is 0.427. The zero-order valence-corrected chi connectivity index (χ0v) is 11.3. The fourth-order valence-corrected chi connectivity index (χ4v) is 2.22. The molecular weight excluding hydrogens is 327 g/mol. The number of aliphatic hydroxyl groups excluding tert-OH is 2. The van der Waals surface area contributed by atoms with Gasteiger partial charge in [0.2, 0.25) is 0 Å². The van der Waals surface area contributed by atoms with Crippen LogP contribution >= 0.6 is 0 Å². The number of aromatic amines is 2. The predicted octanol–water partition coefficient (Wildman–Crippen LogP) is -2.10. The van der Waals surface area contributed by atoms with E-state index in [2.05, 4.69) is 4.98 Å². The van der Waals surface area contributed by atoms with Gasteiger partial charge in [-0.3, -0.25) is 14.6 Å². The molecule has 2 rings (SSSR count). The Kier molecular flexibility index (Phi) is 4.58. The van der Waals surface area contributed by atoms with Crippen molar-refractivity contribution >= 4 is 5.91 Å². The van der Waals surface area contributed by atoms with Crippen LogP contribution < -0.4 is 16.6 Å². The number of alkyl halides is 3. The summed E-state index contributed by atoms with van der Waals surface area (Å²) in [5.41, 5.74) is -2.05. The molecular formula is C11H12F3N3O6. The minimum atomic E-state index is -5.21. The first-order chi connectivity index (χ1) is 10.6. The predicted molar refractivity (Wildman–Crippen MR) is 66.4 cm³/mol. The summed E-state index contributed by atoms with van der Waals surface area (Å²) in [5, 5.41) is 20.5. The SMILES string of the molecule is O=C(N[C@H]1C(O)[C@@H](CO)O[C@H]1c1cc(=O)[nH]c(=O)[nH]1)C(F)(F)F. The highest BCUT2D eigenvalue weighted by Crippen LogP contribution is 2.32. The molecule has 1 aromatic rings. The second-order valence-electron chi connectivity index (χ2n) is 4.81. The number of ether oxygens (including phenoxy) is 1. The molecule has 1 unspecified atom stereocenters. The van der Waals surface area contributed by atoms with E-state index in [1.54, 1.807) is 0 Å². The van der Waals surface area contributed by atoms with Crippen LogP contribution in [0.3, 0.4) is 0 Å². The Balaban J connectivity index is 2.36. The number of rotatable bonds is 3. The highest BCUT2D eigenvalue weighted by atomic mass is 19.4. The number of carbonyl (C=O) groups excluding carboxylic acids is 1. The lowest BCUT2D eigenvalue weighted by atomic mass is 10.0. The summed E-state index contributed by atoms with van der Waals surface area (Å²) < 4.78 is 42.2. The van der Waals surface area contributed by atoms with Gasteiger partial charge < -0.3 is 25.3 Å². The Morgan fingerprint density at radius 1 is 1.35 bits per heavy atom. The van der Waals surface area contributed by atoms with E-state index >= 15 is 0 Å². The molecule has 1 amide bonds. The van der Waals surface area contributed by atoms with Crippen LogP contribution in [0.4, 0.5) is 13.2 Å². The first kappa shape index (κ1) is 17.2. The lowest BCUT2D eigenvalue weighted by molar-refractivity contribution is -0.175. The summed E-state index contributed by atoms with van der Waals surface area (Å²) in [6, 6.07) is -0.788. The number of H-pyrrole nitrogens is 2. The van der Waals surface area contributed by atoms with Crippen LogP contribution in [0.5, 0.6) is 0 Å². The number of carbonyl (C=O) groups is 1. The van der Waals surface area contributed by atoms with E-state index < -0.39 is 54.3 Å². The van der Waals surface area contributed by atoms with Crippen molar-refractivity contribution < 1.29 is 32.9 Å². The molecule has 1 saturated heterocycles. The largest absolute Gasteiger partial charge is 0.471 e. The Labute approximate surface area is 125 Å². The van der Waals surface area contributed by atoms with Gasteiger partial charge in [-0.1, -0.05) is 0 Å². The summed E-state index contributed by atoms with van der Waals surface area (Å²) in [5.74, 6) is -2.33. The average Bonchev–Trinajstić information content (AvgIpc) is 2.73. The molecule has 1 fully saturated rings. The van der Waals surface area contributed by atoms with E-state index in [0.717, 1.165) is 6.07 Å². The molecule has 1 aromatic heterocycles. The number of aromatic nitrogens is 2. The van der Waals surface area contributed by atoms with Gasteiger partial charge >= 0.3 is 17.8 Å². The zero-order valence-electron chi connectivity index (χ0n) is 11.3. The lowest BCUT2D eigenvalue weighted by Crippen LogP contribution is -2.50. The van der Waals surface area contributed by atoms with Crippen LogP contribution in [0.2, 0.25) is 0 Å². The van der Waals surface area contributed by atoms with Gasteiger partial charge in [0.15, 0.2) is 0 Å². The number of nitrogens with one attached hydrogen (secondary N) is 3. The van der Waals surface area contributed by atoms with E-state index in [-0.39, 0.29) is 5.69 Å². The molecule has 1 aliphatic rings. The lowest BCUT2D eigenvalue weighted by Gasteiger charge is -2.22. The average molecular weight is 339 g/mol. The molecule has 23 heavy (non-hydrogen) atoms. The van der Waals surface area contributed by atoms with Crippen molar-refractivity contribution in [1.82, 2.24) is 15.3 Å². The molecule has 5 N–H and O–H groups in total. The van der Waals surface area contributed by atoms with Crippen molar-refractivity contribution in [3.8, 4) is 0 Å². The summed E-state index contributed by atoms with van der Waals surface area (Å²) in [4.78, 5) is 37.6. The minimum absolute atomic E-state index is 0.249. The Morgan fingerprint density at radius 2 is 2.00 bits per heavy atom. The van der Waals surface area contributed by atoms with Gasteiger partial charge in [0.25, 0.3) is 5.56 Å². The first-order valence-electron chi connectivity index (χ1n) is 6.29. The van der Waals surface area contributed by atoms with Crippen molar-refractivity contribution in [3.63, 3.8) is 0 Å². The van der Waals surface area contributed by atoms with Gasteiger partial charge in [0, 0.05) is 6.07 Å². The Hall–Kier alpha value is -2.18. The molecule has 0 spiro atoms. The van der Waals surface area contributed by atoms with Crippen LogP contribution in [-0.4, -0.2) is 57.1 Å². The maximum Gasteiger partial charge on any atom is 0.471 e. The molecule has 0 saturated carbocycles. The molecule has 128 valence electrons. The smallest absolute Gasteiger partial charge is 0.394 e. The van der Waals surface area contributed by atoms with E-state index in [0.29, 0.717) is 0 Å². The Morgan fingerprint density at radius 3 is 2.52 bits per heavy atom. The minimum Gasteiger partial charge on any atom is -0.394 e. The Bertz CT molecular complexity index is 671. The van der Waals surface area contributed by atoms with Crippen LogP contribution in [0, 0.1) is 0 Å². The van der Waals surface area contributed by atoms with Gasteiger partial charge in [-0.2, -0.15) is 13.2 Å². The van der Waals surface area contributed by atoms with Crippen molar-refractivity contribution in [2.75, 3.05) is 6.61 Å². The maximum absolute atomic E-state index is 12.4. The standard InChI is InChI=1S/C11H12F3N3O6/c12-11(13,14)9(21)17-6-7(20)4(2-18)23-8(6)3-1-5(19)16-10(22)15-3/h1,4,6-8,18,20H,2H2,(H,17,21)(H2,15,16,19,22)/t4-,6+,7?,8+/m1/s1. The summed E-state index contributed by atoms with van der Waals surface area (Å²) in [7, 11) is 0. The van der Waals surface area contributed by atoms with E-state index in [4.69, 9.17) is 9.84 Å². The summed E-state index contributed by atoms with van der Waals surface area (Å²) >= 11 is 0. The third-order valence-electron chi connectivity index (χ3n) is 3.22. The van der Waals surface area contributed by atoms with Gasteiger partial charge in [-0.15, -0.1) is 0 Å². The number of hydrogen-bond donors (Lipinski definition) is 5. The molecule has 4 atom stereocenters. The number of hydrogen-bond acceptors (Lipinski definition) is 6. The molecule has 12 heteroatoms. The summed E-state index contributed by atoms with van der Waals surface area (Å²) in [6.45, 7) is -0.747. The highest BCUT2D eigenvalue weighted by Gasteiger charge is 2.49. The number of halogens is 3. The number of aliphatic hydroxyl groups is 2. The van der Waals surface area contributed by atoms with Crippen molar-refractivity contribution in [2.45, 2.75) is 30.5 Å². The van der Waals surface area contributed by atoms with E-state index in [1.165, 1.54) is 5.32 Å².